The lowest BCUT2D eigenvalue weighted by Crippen LogP contribution is -2.36. The lowest BCUT2D eigenvalue weighted by Gasteiger charge is -2.12. The fourth-order valence-electron chi connectivity index (χ4n) is 1.91. The van der Waals surface area contributed by atoms with Crippen LogP contribution >= 0.6 is 22.6 Å². The summed E-state index contributed by atoms with van der Waals surface area (Å²) in [7, 11) is 0. The van der Waals surface area contributed by atoms with Crippen LogP contribution in [-0.4, -0.2) is 43.5 Å². The summed E-state index contributed by atoms with van der Waals surface area (Å²) >= 11 is 2.19. The molecule has 1 unspecified atom stereocenters. The fourth-order valence-corrected chi connectivity index (χ4v) is 2.57. The Morgan fingerprint density at radius 1 is 1.43 bits per heavy atom. The standard InChI is InChI=1S/C14H19IN6O2/c1-8(2)21-7-10(12(15)20-21)11-4-5-16-13(19-11)17-6-9(3)18-14(22)23/h4-5,7-9,18H,6H2,1-3H3,(H,22,23)(H,16,17,19). The van der Waals surface area contributed by atoms with Crippen LogP contribution in [0.5, 0.6) is 0 Å². The molecule has 23 heavy (non-hydrogen) atoms. The molecule has 0 saturated carbocycles. The molecule has 0 spiro atoms. The predicted molar refractivity (Wildman–Crippen MR) is 95.5 cm³/mol. The number of nitrogens with zero attached hydrogens (tertiary/aromatic N) is 4. The number of anilines is 1. The number of amides is 1. The van der Waals surface area contributed by atoms with E-state index in [2.05, 4.69) is 62.1 Å². The molecule has 9 heteroatoms. The number of nitrogens with one attached hydrogen (secondary N) is 2. The van der Waals surface area contributed by atoms with E-state index in [-0.39, 0.29) is 12.1 Å². The molecule has 0 radical (unpaired) electrons. The quantitative estimate of drug-likeness (QED) is 0.609. The highest BCUT2D eigenvalue weighted by atomic mass is 127. The smallest absolute Gasteiger partial charge is 0.404 e. The van der Waals surface area contributed by atoms with Crippen molar-refractivity contribution in [2.75, 3.05) is 11.9 Å². The van der Waals surface area contributed by atoms with Gasteiger partial charge in [0, 0.05) is 31.0 Å². The van der Waals surface area contributed by atoms with Crippen LogP contribution in [0.3, 0.4) is 0 Å². The first-order chi connectivity index (χ1) is 10.9. The Morgan fingerprint density at radius 2 is 2.17 bits per heavy atom. The zero-order valence-corrected chi connectivity index (χ0v) is 15.3. The van der Waals surface area contributed by atoms with Gasteiger partial charge in [0.15, 0.2) is 0 Å². The van der Waals surface area contributed by atoms with Gasteiger partial charge in [0.2, 0.25) is 5.95 Å². The van der Waals surface area contributed by atoms with Crippen LogP contribution in [0, 0.1) is 3.70 Å². The maximum Gasteiger partial charge on any atom is 0.404 e. The molecule has 1 amide bonds. The molecule has 0 bridgehead atoms. The van der Waals surface area contributed by atoms with Crippen LogP contribution in [0.2, 0.25) is 0 Å². The van der Waals surface area contributed by atoms with E-state index in [0.29, 0.717) is 12.5 Å². The molecule has 0 fully saturated rings. The van der Waals surface area contributed by atoms with Gasteiger partial charge >= 0.3 is 6.09 Å². The molecule has 0 aromatic carbocycles. The number of rotatable bonds is 6. The van der Waals surface area contributed by atoms with Gasteiger partial charge < -0.3 is 15.7 Å². The average molecular weight is 430 g/mol. The maximum atomic E-state index is 10.6. The van der Waals surface area contributed by atoms with Crippen LogP contribution in [-0.2, 0) is 0 Å². The summed E-state index contributed by atoms with van der Waals surface area (Å²) in [5.41, 5.74) is 1.72. The van der Waals surface area contributed by atoms with Gasteiger partial charge in [-0.1, -0.05) is 0 Å². The largest absolute Gasteiger partial charge is 0.465 e. The van der Waals surface area contributed by atoms with Gasteiger partial charge in [-0.25, -0.2) is 14.8 Å². The maximum absolute atomic E-state index is 10.6. The van der Waals surface area contributed by atoms with Crippen LogP contribution in [0.25, 0.3) is 11.3 Å². The first-order valence-corrected chi connectivity index (χ1v) is 8.26. The van der Waals surface area contributed by atoms with Gasteiger partial charge in [0.25, 0.3) is 0 Å². The molecule has 2 rings (SSSR count). The second-order valence-electron chi connectivity index (χ2n) is 5.40. The van der Waals surface area contributed by atoms with Crippen molar-refractivity contribution >= 4 is 34.6 Å². The molecular weight excluding hydrogens is 411 g/mol. The monoisotopic (exact) mass is 430 g/mol. The van der Waals surface area contributed by atoms with E-state index in [9.17, 15) is 4.79 Å². The molecule has 2 aromatic heterocycles. The van der Waals surface area contributed by atoms with E-state index in [4.69, 9.17) is 5.11 Å². The molecular formula is C14H19IN6O2. The average Bonchev–Trinajstić information content (AvgIpc) is 2.87. The summed E-state index contributed by atoms with van der Waals surface area (Å²) < 4.78 is 2.77. The summed E-state index contributed by atoms with van der Waals surface area (Å²) in [5.74, 6) is 0.453. The van der Waals surface area contributed by atoms with E-state index in [1.165, 1.54) is 0 Å². The van der Waals surface area contributed by atoms with E-state index in [1.54, 1.807) is 13.1 Å². The van der Waals surface area contributed by atoms with E-state index in [0.717, 1.165) is 15.0 Å². The van der Waals surface area contributed by atoms with Crippen molar-refractivity contribution in [3.05, 3.63) is 22.2 Å². The molecule has 0 aliphatic rings. The molecule has 0 aliphatic heterocycles. The lowest BCUT2D eigenvalue weighted by molar-refractivity contribution is 0.191. The number of halogens is 1. The zero-order valence-electron chi connectivity index (χ0n) is 13.1. The Labute approximate surface area is 147 Å². The third kappa shape index (κ3) is 4.78. The highest BCUT2D eigenvalue weighted by Gasteiger charge is 2.13. The molecule has 0 saturated heterocycles. The Morgan fingerprint density at radius 3 is 2.78 bits per heavy atom. The van der Waals surface area contributed by atoms with Gasteiger partial charge in [-0.05, 0) is 49.4 Å². The van der Waals surface area contributed by atoms with E-state index in [1.807, 2.05) is 16.9 Å². The number of hydrogen-bond acceptors (Lipinski definition) is 5. The second-order valence-corrected chi connectivity index (χ2v) is 6.43. The molecule has 8 nitrogen and oxygen atoms in total. The van der Waals surface area contributed by atoms with Gasteiger partial charge in [0.1, 0.15) is 3.70 Å². The highest BCUT2D eigenvalue weighted by Crippen LogP contribution is 2.24. The van der Waals surface area contributed by atoms with Crippen molar-refractivity contribution in [1.82, 2.24) is 25.1 Å². The summed E-state index contributed by atoms with van der Waals surface area (Å²) in [6, 6.07) is 1.86. The van der Waals surface area contributed by atoms with Crippen LogP contribution < -0.4 is 10.6 Å². The van der Waals surface area contributed by atoms with Crippen molar-refractivity contribution in [2.45, 2.75) is 32.9 Å². The minimum Gasteiger partial charge on any atom is -0.465 e. The van der Waals surface area contributed by atoms with Crippen molar-refractivity contribution < 1.29 is 9.90 Å². The van der Waals surface area contributed by atoms with Gasteiger partial charge in [0.05, 0.1) is 11.3 Å². The van der Waals surface area contributed by atoms with Crippen LogP contribution in [0.1, 0.15) is 26.8 Å². The third-order valence-corrected chi connectivity index (χ3v) is 3.88. The topological polar surface area (TPSA) is 105 Å². The fraction of sp³-hybridized carbons (Fsp3) is 0.429. The third-order valence-electron chi connectivity index (χ3n) is 3.08. The van der Waals surface area contributed by atoms with Crippen molar-refractivity contribution in [3.8, 4) is 11.3 Å². The molecule has 1 atom stereocenters. The number of carboxylic acid groups (broad SMARTS) is 1. The molecule has 3 N–H and O–H groups in total. The Balaban J connectivity index is 2.12. The van der Waals surface area contributed by atoms with E-state index >= 15 is 0 Å². The molecule has 2 aromatic rings. The lowest BCUT2D eigenvalue weighted by atomic mass is 10.2. The minimum absolute atomic E-state index is 0.247. The summed E-state index contributed by atoms with van der Waals surface area (Å²) in [4.78, 5) is 19.2. The highest BCUT2D eigenvalue weighted by molar-refractivity contribution is 14.1. The molecule has 2 heterocycles. The van der Waals surface area contributed by atoms with Crippen molar-refractivity contribution in [1.29, 1.82) is 0 Å². The Kier molecular flexibility index (Phi) is 5.74. The van der Waals surface area contributed by atoms with Gasteiger partial charge in [-0.15, -0.1) is 0 Å². The summed E-state index contributed by atoms with van der Waals surface area (Å²) in [6.07, 6.45) is 2.58. The van der Waals surface area contributed by atoms with Gasteiger partial charge in [-0.2, -0.15) is 5.10 Å². The Bertz CT molecular complexity index is 688. The number of hydrogen-bond donors (Lipinski definition) is 3. The first-order valence-electron chi connectivity index (χ1n) is 7.18. The molecule has 0 aliphatic carbocycles. The summed E-state index contributed by atoms with van der Waals surface area (Å²) in [5, 5.41) is 18.5. The second kappa shape index (κ2) is 7.57. The predicted octanol–water partition coefficient (Wildman–Crippen LogP) is 2.59. The van der Waals surface area contributed by atoms with Gasteiger partial charge in [-0.3, -0.25) is 4.68 Å². The Hall–Kier alpha value is -1.91. The summed E-state index contributed by atoms with van der Waals surface area (Å²) in [6.45, 7) is 6.30. The molecule has 124 valence electrons. The van der Waals surface area contributed by atoms with Crippen molar-refractivity contribution in [2.24, 2.45) is 0 Å². The van der Waals surface area contributed by atoms with Crippen LogP contribution in [0.4, 0.5) is 10.7 Å². The number of carbonyl (C=O) groups is 1. The van der Waals surface area contributed by atoms with E-state index < -0.39 is 6.09 Å². The van der Waals surface area contributed by atoms with Crippen LogP contribution in [0.15, 0.2) is 18.5 Å². The van der Waals surface area contributed by atoms with Crippen molar-refractivity contribution in [3.63, 3.8) is 0 Å². The minimum atomic E-state index is -1.05. The SMILES string of the molecule is CC(CNc1nccc(-c2cn(C(C)C)nc2I)n1)NC(=O)O. The number of aromatic nitrogens is 4. The zero-order chi connectivity index (χ0) is 17.0. The first kappa shape index (κ1) is 17.4. The normalized spacial score (nSPS) is 12.2.